The molecule has 1 heterocycles. The number of carbonyl (C=O) groups excluding carboxylic acids is 1. The third-order valence-corrected chi connectivity index (χ3v) is 3.92. The summed E-state index contributed by atoms with van der Waals surface area (Å²) in [5, 5.41) is 0. The number of nitrogens with zero attached hydrogens (tertiary/aromatic N) is 2. The van der Waals surface area contributed by atoms with E-state index < -0.39 is 15.9 Å². The number of hydrogen-bond acceptors (Lipinski definition) is 5. The molecule has 0 saturated carbocycles. The van der Waals surface area contributed by atoms with Crippen LogP contribution in [0.2, 0.25) is 0 Å². The number of aryl methyl sites for hydroxylation is 1. The lowest BCUT2D eigenvalue weighted by Crippen LogP contribution is -2.30. The quantitative estimate of drug-likeness (QED) is 0.884. The number of benzene rings is 1. The summed E-state index contributed by atoms with van der Waals surface area (Å²) in [4.78, 5) is 19.6. The van der Waals surface area contributed by atoms with Crippen LogP contribution in [0.3, 0.4) is 0 Å². The third-order valence-electron chi connectivity index (χ3n) is 2.53. The van der Waals surface area contributed by atoms with Gasteiger partial charge < -0.3 is 0 Å². The number of carbonyl (C=O) groups is 1. The van der Waals surface area contributed by atoms with Crippen LogP contribution in [0.15, 0.2) is 53.8 Å². The molecule has 104 valence electrons. The molecule has 1 N–H and O–H groups in total. The maximum Gasteiger partial charge on any atom is 0.264 e. The van der Waals surface area contributed by atoms with Crippen molar-refractivity contribution in [2.45, 2.75) is 17.7 Å². The minimum Gasteiger partial charge on any atom is -0.274 e. The second-order valence-corrected chi connectivity index (χ2v) is 5.72. The van der Waals surface area contributed by atoms with Crippen molar-refractivity contribution in [3.63, 3.8) is 0 Å². The monoisotopic (exact) mass is 291 g/mol. The van der Waals surface area contributed by atoms with Gasteiger partial charge in [0.25, 0.3) is 10.0 Å². The molecule has 0 atom stereocenters. The van der Waals surface area contributed by atoms with Crippen LogP contribution in [-0.2, 0) is 21.2 Å². The molecule has 0 aliphatic heterocycles. The molecule has 6 nitrogen and oxygen atoms in total. The smallest absolute Gasteiger partial charge is 0.264 e. The summed E-state index contributed by atoms with van der Waals surface area (Å²) in [6, 6.07) is 7.75. The molecule has 0 bridgehead atoms. The van der Waals surface area contributed by atoms with Crippen LogP contribution in [0.25, 0.3) is 0 Å². The van der Waals surface area contributed by atoms with Crippen LogP contribution in [-0.4, -0.2) is 24.3 Å². The zero-order chi connectivity index (χ0) is 14.4. The second-order valence-electron chi connectivity index (χ2n) is 4.04. The van der Waals surface area contributed by atoms with Gasteiger partial charge in [-0.3, -0.25) is 14.8 Å². The fourth-order valence-corrected chi connectivity index (χ4v) is 2.60. The predicted molar refractivity (Wildman–Crippen MR) is 72.1 cm³/mol. The van der Waals surface area contributed by atoms with E-state index in [4.69, 9.17) is 0 Å². The molecule has 0 fully saturated rings. The van der Waals surface area contributed by atoms with Gasteiger partial charge in [-0.1, -0.05) is 18.2 Å². The van der Waals surface area contributed by atoms with Crippen molar-refractivity contribution < 1.29 is 13.2 Å². The summed E-state index contributed by atoms with van der Waals surface area (Å²) in [6.07, 6.45) is 4.96. The summed E-state index contributed by atoms with van der Waals surface area (Å²) in [5.41, 5.74) is 0.639. The van der Waals surface area contributed by atoms with Crippen LogP contribution < -0.4 is 4.72 Å². The lowest BCUT2D eigenvalue weighted by atomic mass is 10.2. The molecule has 20 heavy (non-hydrogen) atoms. The Bertz CT molecular complexity index is 673. The molecule has 2 aromatic rings. The first-order valence-corrected chi connectivity index (χ1v) is 7.42. The van der Waals surface area contributed by atoms with Crippen molar-refractivity contribution in [2.75, 3.05) is 0 Å². The highest BCUT2D eigenvalue weighted by atomic mass is 32.2. The molecule has 0 aliphatic carbocycles. The second kappa shape index (κ2) is 6.25. The zero-order valence-corrected chi connectivity index (χ0v) is 11.4. The highest BCUT2D eigenvalue weighted by Gasteiger charge is 2.16. The number of rotatable bonds is 5. The van der Waals surface area contributed by atoms with E-state index >= 15 is 0 Å². The Morgan fingerprint density at radius 1 is 1.15 bits per heavy atom. The lowest BCUT2D eigenvalue weighted by Gasteiger charge is -2.06. The average Bonchev–Trinajstić information content (AvgIpc) is 2.47. The van der Waals surface area contributed by atoms with Crippen molar-refractivity contribution in [2.24, 2.45) is 0 Å². The minimum absolute atomic E-state index is 0.0325. The van der Waals surface area contributed by atoms with E-state index in [1.165, 1.54) is 24.5 Å². The fraction of sp³-hybridized carbons (Fsp3) is 0.154. The molecular formula is C13H13N3O3S. The van der Waals surface area contributed by atoms with Crippen LogP contribution >= 0.6 is 0 Å². The van der Waals surface area contributed by atoms with Gasteiger partial charge in [-0.25, -0.2) is 13.1 Å². The van der Waals surface area contributed by atoms with Crippen molar-refractivity contribution in [3.8, 4) is 0 Å². The topological polar surface area (TPSA) is 89.0 Å². The van der Waals surface area contributed by atoms with E-state index in [9.17, 15) is 13.2 Å². The van der Waals surface area contributed by atoms with E-state index in [0.29, 0.717) is 12.1 Å². The predicted octanol–water partition coefficient (Wildman–Crippen LogP) is 0.914. The maximum atomic E-state index is 11.9. The summed E-state index contributed by atoms with van der Waals surface area (Å²) in [6.45, 7) is 0. The first kappa shape index (κ1) is 14.1. The molecular weight excluding hydrogens is 278 g/mol. The van der Waals surface area contributed by atoms with Crippen LogP contribution in [0.5, 0.6) is 0 Å². The Morgan fingerprint density at radius 2 is 1.90 bits per heavy atom. The molecule has 1 aromatic heterocycles. The van der Waals surface area contributed by atoms with E-state index in [2.05, 4.69) is 9.97 Å². The van der Waals surface area contributed by atoms with Crippen LogP contribution in [0, 0.1) is 0 Å². The number of amides is 1. The first-order valence-electron chi connectivity index (χ1n) is 5.93. The molecule has 7 heteroatoms. The van der Waals surface area contributed by atoms with Crippen molar-refractivity contribution in [3.05, 3.63) is 54.6 Å². The summed E-state index contributed by atoms with van der Waals surface area (Å²) in [5.74, 6) is -0.570. The molecule has 0 aliphatic rings. The number of sulfonamides is 1. The van der Waals surface area contributed by atoms with Gasteiger partial charge in [0.2, 0.25) is 5.91 Å². The Labute approximate surface area is 116 Å². The van der Waals surface area contributed by atoms with Crippen LogP contribution in [0.4, 0.5) is 0 Å². The molecule has 2 rings (SSSR count). The van der Waals surface area contributed by atoms with Crippen molar-refractivity contribution in [1.82, 2.24) is 14.7 Å². The average molecular weight is 291 g/mol. The molecule has 0 spiro atoms. The molecule has 0 saturated heterocycles. The lowest BCUT2D eigenvalue weighted by molar-refractivity contribution is -0.119. The van der Waals surface area contributed by atoms with Gasteiger partial charge in [0, 0.05) is 25.0 Å². The van der Waals surface area contributed by atoms with E-state index in [0.717, 1.165) is 0 Å². The first-order chi connectivity index (χ1) is 9.58. The van der Waals surface area contributed by atoms with Gasteiger partial charge >= 0.3 is 0 Å². The van der Waals surface area contributed by atoms with Gasteiger partial charge in [0.15, 0.2) is 0 Å². The summed E-state index contributed by atoms with van der Waals surface area (Å²) >= 11 is 0. The molecule has 1 aromatic carbocycles. The Kier molecular flexibility index (Phi) is 4.41. The maximum absolute atomic E-state index is 11.9. The minimum atomic E-state index is -3.80. The normalized spacial score (nSPS) is 11.0. The highest BCUT2D eigenvalue weighted by molar-refractivity contribution is 7.90. The zero-order valence-electron chi connectivity index (χ0n) is 10.6. The van der Waals surface area contributed by atoms with E-state index in [-0.39, 0.29) is 11.3 Å². The third kappa shape index (κ3) is 3.86. The van der Waals surface area contributed by atoms with Gasteiger partial charge in [0.05, 0.1) is 10.6 Å². The number of aromatic nitrogens is 2. The Hall–Kier alpha value is -2.28. The molecule has 0 unspecified atom stereocenters. The summed E-state index contributed by atoms with van der Waals surface area (Å²) in [7, 11) is -3.80. The van der Waals surface area contributed by atoms with Gasteiger partial charge in [0.1, 0.15) is 0 Å². The Morgan fingerprint density at radius 3 is 2.55 bits per heavy atom. The largest absolute Gasteiger partial charge is 0.274 e. The summed E-state index contributed by atoms with van der Waals surface area (Å²) < 4.78 is 25.8. The van der Waals surface area contributed by atoms with Crippen molar-refractivity contribution in [1.29, 1.82) is 0 Å². The van der Waals surface area contributed by atoms with Gasteiger partial charge in [-0.05, 0) is 18.6 Å². The highest BCUT2D eigenvalue weighted by Crippen LogP contribution is 2.07. The SMILES string of the molecule is O=C(CCc1cnccn1)NS(=O)(=O)c1ccccc1. The van der Waals surface area contributed by atoms with Gasteiger partial charge in [-0.2, -0.15) is 0 Å². The van der Waals surface area contributed by atoms with E-state index in [1.54, 1.807) is 24.4 Å². The van der Waals surface area contributed by atoms with Crippen molar-refractivity contribution >= 4 is 15.9 Å². The van der Waals surface area contributed by atoms with Gasteiger partial charge in [-0.15, -0.1) is 0 Å². The molecule has 0 radical (unpaired) electrons. The molecule has 1 amide bonds. The standard InChI is InChI=1S/C13H13N3O3S/c17-13(7-6-11-10-14-8-9-15-11)16-20(18,19)12-4-2-1-3-5-12/h1-5,8-10H,6-7H2,(H,16,17). The fourth-order valence-electron chi connectivity index (χ4n) is 1.56. The number of hydrogen-bond donors (Lipinski definition) is 1. The van der Waals surface area contributed by atoms with Crippen LogP contribution in [0.1, 0.15) is 12.1 Å². The van der Waals surface area contributed by atoms with E-state index in [1.807, 2.05) is 4.72 Å². The Balaban J connectivity index is 1.95. The number of nitrogens with one attached hydrogen (secondary N) is 1.